The van der Waals surface area contributed by atoms with Gasteiger partial charge in [0.25, 0.3) is 0 Å². The van der Waals surface area contributed by atoms with Crippen molar-refractivity contribution in [1.29, 1.82) is 0 Å². The van der Waals surface area contributed by atoms with Gasteiger partial charge in [-0.3, -0.25) is 0 Å². The monoisotopic (exact) mass is 275 g/mol. The summed E-state index contributed by atoms with van der Waals surface area (Å²) in [4.78, 5) is 0. The number of benzene rings is 2. The average Bonchev–Trinajstić information content (AvgIpc) is 2.41. The molecule has 0 bridgehead atoms. The van der Waals surface area contributed by atoms with Gasteiger partial charge in [0.2, 0.25) is 0 Å². The quantitative estimate of drug-likeness (QED) is 0.885. The lowest BCUT2D eigenvalue weighted by molar-refractivity contribution is 0.553. The summed E-state index contributed by atoms with van der Waals surface area (Å²) in [7, 11) is 1.75. The molecule has 0 saturated heterocycles. The van der Waals surface area contributed by atoms with Gasteiger partial charge >= 0.3 is 0 Å². The van der Waals surface area contributed by atoms with Crippen molar-refractivity contribution in [1.82, 2.24) is 5.32 Å². The molecule has 106 valence electrons. The highest BCUT2D eigenvalue weighted by atomic mass is 19.1. The minimum absolute atomic E-state index is 0.321. The molecule has 0 spiro atoms. The van der Waals surface area contributed by atoms with E-state index >= 15 is 0 Å². The average molecular weight is 275 g/mol. The predicted octanol–water partition coefficient (Wildman–Crippen LogP) is 4.20. The maximum atomic E-state index is 14.2. The predicted molar refractivity (Wildman–Crippen MR) is 77.9 cm³/mol. The zero-order chi connectivity index (χ0) is 14.9. The molecule has 1 nitrogen and oxygen atoms in total. The van der Waals surface area contributed by atoms with E-state index in [9.17, 15) is 8.78 Å². The summed E-state index contributed by atoms with van der Waals surface area (Å²) >= 11 is 0. The Kier molecular flexibility index (Phi) is 4.19. The van der Waals surface area contributed by atoms with Crippen LogP contribution in [0.15, 0.2) is 30.3 Å². The molecule has 0 radical (unpaired) electrons. The molecular formula is C17H19F2N. The third-order valence-corrected chi connectivity index (χ3v) is 3.84. The van der Waals surface area contributed by atoms with Gasteiger partial charge in [0.1, 0.15) is 11.6 Å². The van der Waals surface area contributed by atoms with Crippen molar-refractivity contribution in [2.75, 3.05) is 7.05 Å². The first-order valence-electron chi connectivity index (χ1n) is 6.64. The van der Waals surface area contributed by atoms with Crippen LogP contribution in [0.5, 0.6) is 0 Å². The van der Waals surface area contributed by atoms with Crippen LogP contribution in [0.4, 0.5) is 8.78 Å². The number of nitrogens with one attached hydrogen (secondary N) is 1. The Balaban J connectivity index is 2.58. The maximum absolute atomic E-state index is 14.2. The Morgan fingerprint density at radius 1 is 0.900 bits per heavy atom. The van der Waals surface area contributed by atoms with Gasteiger partial charge in [0.15, 0.2) is 0 Å². The van der Waals surface area contributed by atoms with Gasteiger partial charge in [0, 0.05) is 5.56 Å². The molecule has 0 aliphatic rings. The van der Waals surface area contributed by atoms with E-state index in [1.54, 1.807) is 14.0 Å². The number of hydrogen-bond acceptors (Lipinski definition) is 1. The van der Waals surface area contributed by atoms with E-state index in [2.05, 4.69) is 5.32 Å². The van der Waals surface area contributed by atoms with E-state index in [0.29, 0.717) is 11.1 Å². The SMILES string of the molecule is CNC(c1cc(F)c(C)cc1F)c1cccc(C)c1C. The summed E-state index contributed by atoms with van der Waals surface area (Å²) in [6.45, 7) is 5.57. The van der Waals surface area contributed by atoms with Gasteiger partial charge in [-0.15, -0.1) is 0 Å². The number of halogens is 2. The molecular weight excluding hydrogens is 256 g/mol. The Labute approximate surface area is 118 Å². The zero-order valence-electron chi connectivity index (χ0n) is 12.2. The molecule has 0 heterocycles. The molecule has 2 rings (SSSR count). The topological polar surface area (TPSA) is 12.0 Å². The minimum Gasteiger partial charge on any atom is -0.309 e. The molecule has 0 fully saturated rings. The van der Waals surface area contributed by atoms with Crippen molar-refractivity contribution in [2.24, 2.45) is 0 Å². The Hall–Kier alpha value is -1.74. The van der Waals surface area contributed by atoms with Crippen LogP contribution < -0.4 is 5.32 Å². The second-order valence-electron chi connectivity index (χ2n) is 5.13. The first-order valence-corrected chi connectivity index (χ1v) is 6.64. The van der Waals surface area contributed by atoms with Crippen LogP contribution in [0.2, 0.25) is 0 Å². The van der Waals surface area contributed by atoms with Gasteiger partial charge in [-0.2, -0.15) is 0 Å². The first kappa shape index (κ1) is 14.7. The molecule has 0 aliphatic carbocycles. The zero-order valence-corrected chi connectivity index (χ0v) is 12.2. The molecule has 2 aromatic carbocycles. The first-order chi connectivity index (χ1) is 9.45. The van der Waals surface area contributed by atoms with Crippen LogP contribution in [0.25, 0.3) is 0 Å². The van der Waals surface area contributed by atoms with Gasteiger partial charge in [-0.05, 0) is 62.2 Å². The van der Waals surface area contributed by atoms with Crippen molar-refractivity contribution in [3.8, 4) is 0 Å². The summed E-state index contributed by atoms with van der Waals surface area (Å²) in [5.41, 5.74) is 3.85. The molecule has 0 amide bonds. The number of hydrogen-bond donors (Lipinski definition) is 1. The summed E-state index contributed by atoms with van der Waals surface area (Å²) < 4.78 is 27.9. The highest BCUT2D eigenvalue weighted by Gasteiger charge is 2.20. The van der Waals surface area contributed by atoms with E-state index in [4.69, 9.17) is 0 Å². The smallest absolute Gasteiger partial charge is 0.128 e. The van der Waals surface area contributed by atoms with E-state index in [1.165, 1.54) is 12.1 Å². The van der Waals surface area contributed by atoms with E-state index in [-0.39, 0.29) is 17.7 Å². The standard InChI is InChI=1S/C17H19F2N/c1-10-6-5-7-13(12(10)3)17(20-4)14-9-15(18)11(2)8-16(14)19/h5-9,17,20H,1-4H3. The Morgan fingerprint density at radius 2 is 1.60 bits per heavy atom. The molecule has 1 atom stereocenters. The van der Waals surface area contributed by atoms with Crippen LogP contribution in [0.3, 0.4) is 0 Å². The lowest BCUT2D eigenvalue weighted by Gasteiger charge is -2.21. The summed E-state index contributed by atoms with van der Waals surface area (Å²) in [5, 5.41) is 3.08. The highest BCUT2D eigenvalue weighted by molar-refractivity contribution is 5.41. The lowest BCUT2D eigenvalue weighted by atomic mass is 9.92. The second kappa shape index (κ2) is 5.71. The molecule has 3 heteroatoms. The molecule has 0 saturated carbocycles. The molecule has 0 aliphatic heterocycles. The van der Waals surface area contributed by atoms with Crippen LogP contribution >= 0.6 is 0 Å². The normalized spacial score (nSPS) is 12.5. The largest absolute Gasteiger partial charge is 0.309 e. The van der Waals surface area contributed by atoms with Gasteiger partial charge in [-0.25, -0.2) is 8.78 Å². The third kappa shape index (κ3) is 2.59. The molecule has 20 heavy (non-hydrogen) atoms. The molecule has 1 N–H and O–H groups in total. The molecule has 0 aromatic heterocycles. The maximum Gasteiger partial charge on any atom is 0.128 e. The van der Waals surface area contributed by atoms with Gasteiger partial charge < -0.3 is 5.32 Å². The summed E-state index contributed by atoms with van der Waals surface area (Å²) in [5.74, 6) is -0.767. The van der Waals surface area contributed by atoms with Crippen LogP contribution in [-0.2, 0) is 0 Å². The number of rotatable bonds is 3. The summed E-state index contributed by atoms with van der Waals surface area (Å²) in [6, 6.07) is 8.07. The Morgan fingerprint density at radius 3 is 2.25 bits per heavy atom. The highest BCUT2D eigenvalue weighted by Crippen LogP contribution is 2.29. The van der Waals surface area contributed by atoms with Crippen molar-refractivity contribution < 1.29 is 8.78 Å². The van der Waals surface area contributed by atoms with Crippen LogP contribution in [0.1, 0.15) is 33.9 Å². The fourth-order valence-electron chi connectivity index (χ4n) is 2.45. The Bertz CT molecular complexity index is 635. The van der Waals surface area contributed by atoms with Crippen molar-refractivity contribution in [3.63, 3.8) is 0 Å². The van der Waals surface area contributed by atoms with Crippen molar-refractivity contribution in [3.05, 3.63) is 69.8 Å². The third-order valence-electron chi connectivity index (χ3n) is 3.84. The lowest BCUT2D eigenvalue weighted by Crippen LogP contribution is -2.20. The van der Waals surface area contributed by atoms with Gasteiger partial charge in [0.05, 0.1) is 6.04 Å². The van der Waals surface area contributed by atoms with Crippen LogP contribution in [0, 0.1) is 32.4 Å². The molecule has 2 aromatic rings. The van der Waals surface area contributed by atoms with Crippen LogP contribution in [-0.4, -0.2) is 7.05 Å². The van der Waals surface area contributed by atoms with Gasteiger partial charge in [-0.1, -0.05) is 18.2 Å². The minimum atomic E-state index is -0.385. The van der Waals surface area contributed by atoms with E-state index in [1.807, 2.05) is 32.0 Å². The van der Waals surface area contributed by atoms with E-state index < -0.39 is 0 Å². The van der Waals surface area contributed by atoms with Crippen molar-refractivity contribution >= 4 is 0 Å². The second-order valence-corrected chi connectivity index (χ2v) is 5.13. The fourth-order valence-corrected chi connectivity index (χ4v) is 2.45. The molecule has 1 unspecified atom stereocenters. The number of aryl methyl sites for hydroxylation is 2. The fraction of sp³-hybridized carbons (Fsp3) is 0.294. The summed E-state index contributed by atoms with van der Waals surface area (Å²) in [6.07, 6.45) is 0. The van der Waals surface area contributed by atoms with Crippen molar-refractivity contribution in [2.45, 2.75) is 26.8 Å². The van der Waals surface area contributed by atoms with E-state index in [0.717, 1.165) is 16.7 Å².